The molecule has 180 valence electrons. The molecule has 0 saturated heterocycles. The lowest BCUT2D eigenvalue weighted by Crippen LogP contribution is -1.95. The number of rotatable bonds is 6. The van der Waals surface area contributed by atoms with Crippen molar-refractivity contribution < 1.29 is 39.8 Å². The normalized spacial score (nSPS) is 10.8. The van der Waals surface area contributed by atoms with E-state index in [0.29, 0.717) is 63.1 Å². The zero-order valence-electron chi connectivity index (χ0n) is 19.4. The maximum Gasteiger partial charge on any atom is 0.146 e. The highest BCUT2D eigenvalue weighted by Gasteiger charge is 2.30. The third-order valence-electron chi connectivity index (χ3n) is 5.88. The molecule has 1 aromatic heterocycles. The van der Waals surface area contributed by atoms with Crippen LogP contribution in [0.3, 0.4) is 0 Å². The summed E-state index contributed by atoms with van der Waals surface area (Å²) in [4.78, 5) is 0. The van der Waals surface area contributed by atoms with Gasteiger partial charge in [-0.1, -0.05) is 13.8 Å². The Morgan fingerprint density at radius 3 is 1.88 bits per heavy atom. The van der Waals surface area contributed by atoms with E-state index in [1.165, 1.54) is 38.5 Å². The summed E-state index contributed by atoms with van der Waals surface area (Å²) in [5.74, 6) is 0.924. The van der Waals surface area contributed by atoms with Crippen molar-refractivity contribution in [2.45, 2.75) is 26.7 Å². The molecule has 0 atom stereocenters. The van der Waals surface area contributed by atoms with E-state index in [2.05, 4.69) is 0 Å². The standard InChI is InChI=1S/C26H26O7.H2O/c1-5-15-17(28)11-19(31-3)21(24(15)30)23-22-20(32-4)12-18(29)16(6-2)26(22)33-25(23)13-7-9-14(27)10-8-13;/h7-12,27-30H,5-6H2,1-4H3;1H2. The van der Waals surface area contributed by atoms with Gasteiger partial charge in [0.15, 0.2) is 0 Å². The zero-order valence-corrected chi connectivity index (χ0v) is 19.4. The minimum absolute atomic E-state index is 0. The van der Waals surface area contributed by atoms with E-state index in [4.69, 9.17) is 13.9 Å². The van der Waals surface area contributed by atoms with Gasteiger partial charge in [0.25, 0.3) is 0 Å². The number of hydrogen-bond donors (Lipinski definition) is 4. The van der Waals surface area contributed by atoms with Crippen LogP contribution in [0.5, 0.6) is 34.5 Å². The van der Waals surface area contributed by atoms with Gasteiger partial charge in [-0.2, -0.15) is 0 Å². The predicted octanol–water partition coefficient (Wildman–Crippen LogP) is 4.91. The lowest BCUT2D eigenvalue weighted by Gasteiger charge is -2.16. The molecule has 4 rings (SSSR count). The van der Waals surface area contributed by atoms with Crippen molar-refractivity contribution >= 4 is 11.0 Å². The number of furan rings is 1. The van der Waals surface area contributed by atoms with Crippen molar-refractivity contribution in [1.29, 1.82) is 0 Å². The minimum atomic E-state index is -0.134. The fraction of sp³-hybridized carbons (Fsp3) is 0.231. The third kappa shape index (κ3) is 3.72. The second-order valence-corrected chi connectivity index (χ2v) is 7.64. The first kappa shape index (κ1) is 24.6. The number of aromatic hydroxyl groups is 4. The molecule has 0 saturated carbocycles. The van der Waals surface area contributed by atoms with Crippen molar-refractivity contribution in [3.63, 3.8) is 0 Å². The highest BCUT2D eigenvalue weighted by Crippen LogP contribution is 2.54. The summed E-state index contributed by atoms with van der Waals surface area (Å²) in [6.07, 6.45) is 0.879. The summed E-state index contributed by atoms with van der Waals surface area (Å²) in [5.41, 5.74) is 2.83. The van der Waals surface area contributed by atoms with Gasteiger partial charge in [0.2, 0.25) is 0 Å². The van der Waals surface area contributed by atoms with Crippen LogP contribution < -0.4 is 9.47 Å². The number of fused-ring (bicyclic) bond motifs is 1. The highest BCUT2D eigenvalue weighted by atomic mass is 16.5. The first-order valence-electron chi connectivity index (χ1n) is 10.6. The number of methoxy groups -OCH3 is 2. The first-order valence-corrected chi connectivity index (χ1v) is 10.6. The molecule has 0 spiro atoms. The van der Waals surface area contributed by atoms with Gasteiger partial charge in [-0.05, 0) is 37.1 Å². The van der Waals surface area contributed by atoms with Crippen molar-refractivity contribution in [3.05, 3.63) is 47.5 Å². The summed E-state index contributed by atoms with van der Waals surface area (Å²) in [6, 6.07) is 9.44. The Hall–Kier alpha value is -4.04. The van der Waals surface area contributed by atoms with Crippen molar-refractivity contribution in [3.8, 4) is 56.9 Å². The molecular weight excluding hydrogens is 440 g/mol. The molecule has 0 aliphatic rings. The van der Waals surface area contributed by atoms with E-state index in [0.717, 1.165) is 0 Å². The Labute approximate surface area is 196 Å². The lowest BCUT2D eigenvalue weighted by atomic mass is 9.92. The van der Waals surface area contributed by atoms with Gasteiger partial charge in [-0.3, -0.25) is 0 Å². The monoisotopic (exact) mass is 468 g/mol. The summed E-state index contributed by atoms with van der Waals surface area (Å²) in [7, 11) is 2.94. The topological polar surface area (TPSA) is 144 Å². The maximum absolute atomic E-state index is 11.3. The highest BCUT2D eigenvalue weighted by molar-refractivity contribution is 6.09. The van der Waals surface area contributed by atoms with Gasteiger partial charge < -0.3 is 39.8 Å². The Balaban J connectivity index is 0.00000324. The molecule has 8 heteroatoms. The number of benzene rings is 3. The fourth-order valence-corrected chi connectivity index (χ4v) is 4.26. The number of phenols is 4. The van der Waals surface area contributed by atoms with Gasteiger partial charge in [-0.15, -0.1) is 0 Å². The molecule has 0 unspecified atom stereocenters. The van der Waals surface area contributed by atoms with Crippen LogP contribution in [0, 0.1) is 0 Å². The van der Waals surface area contributed by atoms with Gasteiger partial charge in [0.05, 0.1) is 25.2 Å². The van der Waals surface area contributed by atoms with Crippen LogP contribution in [-0.2, 0) is 12.8 Å². The Bertz CT molecular complexity index is 1340. The SMILES string of the molecule is CCc1c(O)cc(OC)c(-c2c(-c3ccc(O)cc3)oc3c(CC)c(O)cc(OC)c23)c1O.O. The minimum Gasteiger partial charge on any atom is -0.508 e. The Kier molecular flexibility index (Phi) is 6.83. The molecule has 0 aliphatic carbocycles. The van der Waals surface area contributed by atoms with Crippen LogP contribution in [0.25, 0.3) is 33.4 Å². The van der Waals surface area contributed by atoms with Crippen molar-refractivity contribution in [2.24, 2.45) is 0 Å². The molecule has 0 radical (unpaired) electrons. The largest absolute Gasteiger partial charge is 0.508 e. The second-order valence-electron chi connectivity index (χ2n) is 7.64. The fourth-order valence-electron chi connectivity index (χ4n) is 4.26. The van der Waals surface area contributed by atoms with Gasteiger partial charge in [0, 0.05) is 34.4 Å². The lowest BCUT2D eigenvalue weighted by molar-refractivity contribution is 0.397. The third-order valence-corrected chi connectivity index (χ3v) is 5.88. The number of aryl methyl sites for hydroxylation is 1. The molecule has 6 N–H and O–H groups in total. The summed E-state index contributed by atoms with van der Waals surface area (Å²) in [6.45, 7) is 3.73. The number of hydrogen-bond acceptors (Lipinski definition) is 7. The smallest absolute Gasteiger partial charge is 0.146 e. The molecule has 0 aliphatic heterocycles. The number of ether oxygens (including phenoxy) is 2. The van der Waals surface area contributed by atoms with E-state index in [1.54, 1.807) is 12.1 Å². The maximum atomic E-state index is 11.3. The summed E-state index contributed by atoms with van der Waals surface area (Å²) < 4.78 is 17.5. The van der Waals surface area contributed by atoms with E-state index in [-0.39, 0.29) is 34.2 Å². The van der Waals surface area contributed by atoms with E-state index >= 15 is 0 Å². The second kappa shape index (κ2) is 9.44. The molecule has 3 aromatic carbocycles. The van der Waals surface area contributed by atoms with Crippen LogP contribution in [0.15, 0.2) is 40.8 Å². The van der Waals surface area contributed by atoms with Crippen molar-refractivity contribution in [1.82, 2.24) is 0 Å². The molecule has 4 aromatic rings. The van der Waals surface area contributed by atoms with Crippen molar-refractivity contribution in [2.75, 3.05) is 14.2 Å². The van der Waals surface area contributed by atoms with Crippen LogP contribution in [0.2, 0.25) is 0 Å². The molecule has 0 amide bonds. The molecule has 0 bridgehead atoms. The van der Waals surface area contributed by atoms with Crippen LogP contribution in [0.1, 0.15) is 25.0 Å². The average molecular weight is 469 g/mol. The van der Waals surface area contributed by atoms with Crippen LogP contribution in [0.4, 0.5) is 0 Å². The first-order chi connectivity index (χ1) is 15.9. The quantitative estimate of drug-likeness (QED) is 0.315. The van der Waals surface area contributed by atoms with E-state index in [1.807, 2.05) is 13.8 Å². The molecule has 8 nitrogen and oxygen atoms in total. The average Bonchev–Trinajstić information content (AvgIpc) is 3.18. The summed E-state index contributed by atoms with van der Waals surface area (Å²) in [5, 5.41) is 42.6. The zero-order chi connectivity index (χ0) is 23.9. The molecule has 34 heavy (non-hydrogen) atoms. The van der Waals surface area contributed by atoms with Gasteiger partial charge >= 0.3 is 0 Å². The van der Waals surface area contributed by atoms with E-state index in [9.17, 15) is 20.4 Å². The molecule has 0 fully saturated rings. The number of phenolic OH excluding ortho intramolecular Hbond substituents is 4. The Morgan fingerprint density at radius 2 is 1.32 bits per heavy atom. The molecular formula is C26H28O8. The van der Waals surface area contributed by atoms with Gasteiger partial charge in [0.1, 0.15) is 45.8 Å². The van der Waals surface area contributed by atoms with Gasteiger partial charge in [-0.25, -0.2) is 0 Å². The molecule has 1 heterocycles. The van der Waals surface area contributed by atoms with Crippen LogP contribution in [-0.4, -0.2) is 40.1 Å². The van der Waals surface area contributed by atoms with Crippen LogP contribution >= 0.6 is 0 Å². The van der Waals surface area contributed by atoms with E-state index < -0.39 is 0 Å². The Morgan fingerprint density at radius 1 is 0.765 bits per heavy atom. The summed E-state index contributed by atoms with van der Waals surface area (Å²) >= 11 is 0. The predicted molar refractivity (Wildman–Crippen MR) is 129 cm³/mol.